The van der Waals surface area contributed by atoms with Crippen molar-refractivity contribution in [3.63, 3.8) is 0 Å². The van der Waals surface area contributed by atoms with Crippen LogP contribution in [-0.2, 0) is 6.61 Å². The molecule has 0 heterocycles. The van der Waals surface area contributed by atoms with E-state index >= 15 is 0 Å². The molecular weight excluding hydrogens is 588 g/mol. The molecule has 0 aliphatic heterocycles. The summed E-state index contributed by atoms with van der Waals surface area (Å²) in [6.45, 7) is 0.320. The van der Waals surface area contributed by atoms with Crippen LogP contribution in [0.25, 0.3) is 0 Å². The van der Waals surface area contributed by atoms with E-state index in [4.69, 9.17) is 9.47 Å². The molecule has 4 aromatic rings. The van der Waals surface area contributed by atoms with E-state index in [1.807, 2.05) is 36.4 Å². The van der Waals surface area contributed by atoms with Crippen molar-refractivity contribution < 1.29 is 19.1 Å². The zero-order valence-electron chi connectivity index (χ0n) is 18.9. The lowest BCUT2D eigenvalue weighted by Gasteiger charge is -2.11. The van der Waals surface area contributed by atoms with Crippen molar-refractivity contribution in [2.45, 2.75) is 6.61 Å². The SMILES string of the molecule is O=C(Oc1ccc(Br)cc1C=NNC(=O)c1cc(Br)ccc1OCc1ccccc1)c1ccccc1. The summed E-state index contributed by atoms with van der Waals surface area (Å²) in [5.74, 6) is -0.214. The molecule has 1 N–H and O–H groups in total. The number of halogens is 2. The van der Waals surface area contributed by atoms with Gasteiger partial charge in [-0.05, 0) is 54.1 Å². The first kappa shape index (κ1) is 25.3. The van der Waals surface area contributed by atoms with Crippen LogP contribution in [0.3, 0.4) is 0 Å². The van der Waals surface area contributed by atoms with Gasteiger partial charge in [0.2, 0.25) is 0 Å². The van der Waals surface area contributed by atoms with Crippen molar-refractivity contribution in [2.24, 2.45) is 5.10 Å². The zero-order chi connectivity index (χ0) is 25.3. The van der Waals surface area contributed by atoms with Crippen LogP contribution < -0.4 is 14.9 Å². The first-order chi connectivity index (χ1) is 17.5. The fraction of sp³-hybridized carbons (Fsp3) is 0.0357. The summed E-state index contributed by atoms with van der Waals surface area (Å²) in [6.07, 6.45) is 1.42. The molecule has 36 heavy (non-hydrogen) atoms. The quantitative estimate of drug-likeness (QED) is 0.104. The number of hydrogen-bond donors (Lipinski definition) is 1. The second-order valence-corrected chi connectivity index (χ2v) is 9.38. The molecule has 0 spiro atoms. The number of esters is 1. The van der Waals surface area contributed by atoms with E-state index in [1.165, 1.54) is 6.21 Å². The van der Waals surface area contributed by atoms with Crippen LogP contribution in [0.5, 0.6) is 11.5 Å². The Morgan fingerprint density at radius 1 is 0.806 bits per heavy atom. The summed E-state index contributed by atoms with van der Waals surface area (Å²) in [5, 5.41) is 4.08. The van der Waals surface area contributed by atoms with Crippen molar-refractivity contribution in [2.75, 3.05) is 0 Å². The van der Waals surface area contributed by atoms with Crippen LogP contribution in [0.15, 0.2) is 111 Å². The van der Waals surface area contributed by atoms with Crippen LogP contribution in [0.4, 0.5) is 0 Å². The molecular formula is C28H20Br2N2O4. The number of rotatable bonds is 8. The highest BCUT2D eigenvalue weighted by molar-refractivity contribution is 9.10. The van der Waals surface area contributed by atoms with Crippen molar-refractivity contribution in [3.05, 3.63) is 128 Å². The highest BCUT2D eigenvalue weighted by Crippen LogP contribution is 2.25. The number of carbonyl (C=O) groups is 2. The number of nitrogens with zero attached hydrogens (tertiary/aromatic N) is 1. The van der Waals surface area contributed by atoms with Gasteiger partial charge in [-0.15, -0.1) is 0 Å². The Bertz CT molecular complexity index is 1390. The van der Waals surface area contributed by atoms with Gasteiger partial charge in [0.05, 0.1) is 17.3 Å². The normalized spacial score (nSPS) is 10.7. The minimum atomic E-state index is -0.494. The van der Waals surface area contributed by atoms with E-state index in [-0.39, 0.29) is 0 Å². The monoisotopic (exact) mass is 606 g/mol. The molecule has 0 unspecified atom stereocenters. The summed E-state index contributed by atoms with van der Waals surface area (Å²) < 4.78 is 12.9. The Hall–Kier alpha value is -3.75. The molecule has 0 radical (unpaired) electrons. The van der Waals surface area contributed by atoms with Gasteiger partial charge in [0.1, 0.15) is 18.1 Å². The van der Waals surface area contributed by atoms with Gasteiger partial charge < -0.3 is 9.47 Å². The minimum Gasteiger partial charge on any atom is -0.488 e. The van der Waals surface area contributed by atoms with E-state index in [1.54, 1.807) is 60.7 Å². The molecule has 0 aromatic heterocycles. The Morgan fingerprint density at radius 2 is 1.44 bits per heavy atom. The molecule has 180 valence electrons. The minimum absolute atomic E-state index is 0.305. The molecule has 0 atom stereocenters. The summed E-state index contributed by atoms with van der Waals surface area (Å²) in [7, 11) is 0. The molecule has 6 nitrogen and oxygen atoms in total. The van der Waals surface area contributed by atoms with Crippen molar-refractivity contribution in [3.8, 4) is 11.5 Å². The summed E-state index contributed by atoms with van der Waals surface area (Å²) >= 11 is 6.81. The fourth-order valence-electron chi connectivity index (χ4n) is 3.21. The first-order valence-corrected chi connectivity index (χ1v) is 12.4. The number of hydrogen-bond acceptors (Lipinski definition) is 5. The van der Waals surface area contributed by atoms with Crippen LogP contribution in [0, 0.1) is 0 Å². The highest BCUT2D eigenvalue weighted by Gasteiger charge is 2.14. The van der Waals surface area contributed by atoms with Crippen LogP contribution in [0.1, 0.15) is 31.8 Å². The molecule has 0 fully saturated rings. The standard InChI is InChI=1S/C28H20Br2N2O4/c29-22-11-13-25(36-28(34)20-9-5-2-6-10-20)21(15-22)17-31-32-27(33)24-16-23(30)12-14-26(24)35-18-19-7-3-1-4-8-19/h1-17H,18H2,(H,32,33). The molecule has 0 aliphatic carbocycles. The molecule has 8 heteroatoms. The van der Waals surface area contributed by atoms with Gasteiger partial charge in [0, 0.05) is 14.5 Å². The number of hydrazone groups is 1. The van der Waals surface area contributed by atoms with Crippen LogP contribution >= 0.6 is 31.9 Å². The molecule has 0 saturated heterocycles. The number of carbonyl (C=O) groups excluding carboxylic acids is 2. The molecule has 1 amide bonds. The van der Waals surface area contributed by atoms with Crippen molar-refractivity contribution in [1.29, 1.82) is 0 Å². The first-order valence-electron chi connectivity index (χ1n) is 10.9. The topological polar surface area (TPSA) is 77.0 Å². The molecule has 0 saturated carbocycles. The summed E-state index contributed by atoms with van der Waals surface area (Å²) in [4.78, 5) is 25.4. The van der Waals surface area contributed by atoms with Gasteiger partial charge in [-0.25, -0.2) is 10.2 Å². The van der Waals surface area contributed by atoms with Crippen molar-refractivity contribution >= 4 is 50.0 Å². The molecule has 0 aliphatic rings. The second kappa shape index (κ2) is 12.3. The Balaban J connectivity index is 1.47. The average Bonchev–Trinajstić information content (AvgIpc) is 2.90. The zero-order valence-corrected chi connectivity index (χ0v) is 22.0. The third-order valence-electron chi connectivity index (χ3n) is 4.98. The third kappa shape index (κ3) is 6.90. The van der Waals surface area contributed by atoms with Crippen LogP contribution in [0.2, 0.25) is 0 Å². The van der Waals surface area contributed by atoms with Gasteiger partial charge in [-0.2, -0.15) is 5.10 Å². The van der Waals surface area contributed by atoms with Crippen LogP contribution in [-0.4, -0.2) is 18.1 Å². The van der Waals surface area contributed by atoms with E-state index < -0.39 is 11.9 Å². The number of amides is 1. The number of ether oxygens (including phenoxy) is 2. The summed E-state index contributed by atoms with van der Waals surface area (Å²) in [5.41, 5.74) is 4.75. The number of nitrogens with one attached hydrogen (secondary N) is 1. The van der Waals surface area contributed by atoms with Gasteiger partial charge in [-0.3, -0.25) is 4.79 Å². The molecule has 4 aromatic carbocycles. The Kier molecular flexibility index (Phi) is 8.65. The smallest absolute Gasteiger partial charge is 0.343 e. The van der Waals surface area contributed by atoms with E-state index in [0.29, 0.717) is 34.8 Å². The van der Waals surface area contributed by atoms with Gasteiger partial charge in [-0.1, -0.05) is 80.4 Å². The lowest BCUT2D eigenvalue weighted by Crippen LogP contribution is -2.19. The van der Waals surface area contributed by atoms with Crippen molar-refractivity contribution in [1.82, 2.24) is 5.43 Å². The van der Waals surface area contributed by atoms with Gasteiger partial charge >= 0.3 is 5.97 Å². The fourth-order valence-corrected chi connectivity index (χ4v) is 3.95. The predicted octanol–water partition coefficient (Wildman–Crippen LogP) is 6.77. The lowest BCUT2D eigenvalue weighted by atomic mass is 10.2. The van der Waals surface area contributed by atoms with E-state index in [2.05, 4.69) is 42.4 Å². The lowest BCUT2D eigenvalue weighted by molar-refractivity contribution is 0.0734. The maximum atomic E-state index is 12.9. The predicted molar refractivity (Wildman–Crippen MR) is 146 cm³/mol. The third-order valence-corrected chi connectivity index (χ3v) is 5.96. The highest BCUT2D eigenvalue weighted by atomic mass is 79.9. The Morgan fingerprint density at radius 3 is 2.17 bits per heavy atom. The Labute approximate surface area is 225 Å². The van der Waals surface area contributed by atoms with E-state index in [9.17, 15) is 9.59 Å². The number of benzene rings is 4. The maximum absolute atomic E-state index is 12.9. The second-order valence-electron chi connectivity index (χ2n) is 7.55. The van der Waals surface area contributed by atoms with E-state index in [0.717, 1.165) is 14.5 Å². The molecule has 4 rings (SSSR count). The largest absolute Gasteiger partial charge is 0.488 e. The summed E-state index contributed by atoms with van der Waals surface area (Å²) in [6, 6.07) is 28.7. The van der Waals surface area contributed by atoms with Gasteiger partial charge in [0.25, 0.3) is 5.91 Å². The van der Waals surface area contributed by atoms with Gasteiger partial charge in [0.15, 0.2) is 0 Å². The maximum Gasteiger partial charge on any atom is 0.343 e. The average molecular weight is 608 g/mol. The molecule has 0 bridgehead atoms.